The number of ether oxygens (including phenoxy) is 4. The number of imide groups is 1. The molecule has 1 aromatic carbocycles. The topological polar surface area (TPSA) is 112 Å². The molecule has 148 valence electrons. The molecule has 2 N–H and O–H groups in total. The Kier molecular flexibility index (Phi) is 9.21. The zero-order chi connectivity index (χ0) is 20.2. The fourth-order valence-corrected chi connectivity index (χ4v) is 1.97. The monoisotopic (exact) mass is 380 g/mol. The zero-order valence-corrected chi connectivity index (χ0v) is 15.8. The summed E-state index contributed by atoms with van der Waals surface area (Å²) >= 11 is 0. The Hall–Kier alpha value is -3.23. The van der Waals surface area contributed by atoms with Crippen LogP contribution in [0.3, 0.4) is 0 Å². The summed E-state index contributed by atoms with van der Waals surface area (Å²) < 4.78 is 20.4. The zero-order valence-electron chi connectivity index (χ0n) is 15.8. The third-order valence-electron chi connectivity index (χ3n) is 3.27. The van der Waals surface area contributed by atoms with Crippen molar-refractivity contribution in [1.29, 1.82) is 0 Å². The van der Waals surface area contributed by atoms with Crippen molar-refractivity contribution in [2.75, 3.05) is 34.5 Å². The number of methoxy groups -OCH3 is 3. The Bertz CT molecular complexity index is 701. The standard InChI is InChI=1S/C18H24N2O7/c1-5-8-19-18(23)20-16(21)11-27-17(22)7-6-12-9-14(25-3)15(26-4)10-13(12)24-2/h6-7,9-10H,5,8,11H2,1-4H3,(H2,19,20,21,23)/b7-6+. The van der Waals surface area contributed by atoms with Gasteiger partial charge in [-0.2, -0.15) is 0 Å². The highest BCUT2D eigenvalue weighted by atomic mass is 16.5. The van der Waals surface area contributed by atoms with Gasteiger partial charge >= 0.3 is 12.0 Å². The predicted octanol–water partition coefficient (Wildman–Crippen LogP) is 1.50. The molecule has 9 nitrogen and oxygen atoms in total. The van der Waals surface area contributed by atoms with Crippen LogP contribution < -0.4 is 24.8 Å². The van der Waals surface area contributed by atoms with Crippen molar-refractivity contribution in [2.45, 2.75) is 13.3 Å². The van der Waals surface area contributed by atoms with Gasteiger partial charge in [0.05, 0.1) is 21.3 Å². The number of carbonyl (C=O) groups excluding carboxylic acids is 3. The summed E-state index contributed by atoms with van der Waals surface area (Å²) in [6.45, 7) is 1.74. The Morgan fingerprint density at radius 1 is 1.00 bits per heavy atom. The number of rotatable bonds is 9. The summed E-state index contributed by atoms with van der Waals surface area (Å²) in [5, 5.41) is 4.52. The Morgan fingerprint density at radius 2 is 1.63 bits per heavy atom. The number of esters is 1. The third kappa shape index (κ3) is 7.27. The Balaban J connectivity index is 2.65. The summed E-state index contributed by atoms with van der Waals surface area (Å²) in [6, 6.07) is 2.61. The third-order valence-corrected chi connectivity index (χ3v) is 3.27. The molecular formula is C18H24N2O7. The summed E-state index contributed by atoms with van der Waals surface area (Å²) in [4.78, 5) is 34.6. The van der Waals surface area contributed by atoms with Crippen LogP contribution in [0.25, 0.3) is 6.08 Å². The summed E-state index contributed by atoms with van der Waals surface area (Å²) in [7, 11) is 4.46. The van der Waals surface area contributed by atoms with E-state index < -0.39 is 24.5 Å². The van der Waals surface area contributed by atoms with Crippen LogP contribution in [0.2, 0.25) is 0 Å². The molecule has 0 aliphatic carbocycles. The molecule has 0 saturated heterocycles. The van der Waals surface area contributed by atoms with Gasteiger partial charge in [0.15, 0.2) is 18.1 Å². The molecule has 0 saturated carbocycles. The fourth-order valence-electron chi connectivity index (χ4n) is 1.97. The fraction of sp³-hybridized carbons (Fsp3) is 0.389. The first-order chi connectivity index (χ1) is 12.9. The van der Waals surface area contributed by atoms with Crippen LogP contribution >= 0.6 is 0 Å². The second-order valence-corrected chi connectivity index (χ2v) is 5.19. The predicted molar refractivity (Wildman–Crippen MR) is 97.9 cm³/mol. The van der Waals surface area contributed by atoms with Crippen molar-refractivity contribution in [3.63, 3.8) is 0 Å². The van der Waals surface area contributed by atoms with Gasteiger partial charge in [-0.3, -0.25) is 10.1 Å². The van der Waals surface area contributed by atoms with Crippen LogP contribution in [0.5, 0.6) is 17.2 Å². The van der Waals surface area contributed by atoms with Gasteiger partial charge in [0.2, 0.25) is 0 Å². The minimum absolute atomic E-state index is 0.439. The molecule has 0 aromatic heterocycles. The molecule has 0 radical (unpaired) electrons. The molecule has 1 aromatic rings. The number of nitrogens with one attached hydrogen (secondary N) is 2. The minimum atomic E-state index is -0.754. The number of amides is 3. The maximum atomic E-state index is 11.8. The van der Waals surface area contributed by atoms with E-state index in [2.05, 4.69) is 5.32 Å². The summed E-state index contributed by atoms with van der Waals surface area (Å²) in [5.74, 6) is -0.0806. The van der Waals surface area contributed by atoms with Crippen molar-refractivity contribution in [3.8, 4) is 17.2 Å². The lowest BCUT2D eigenvalue weighted by atomic mass is 10.1. The summed E-state index contributed by atoms with van der Waals surface area (Å²) in [6.07, 6.45) is 3.32. The molecule has 3 amide bonds. The average Bonchev–Trinajstić information content (AvgIpc) is 2.68. The van der Waals surface area contributed by atoms with Gasteiger partial charge in [0.1, 0.15) is 5.75 Å². The smallest absolute Gasteiger partial charge is 0.331 e. The molecule has 0 aliphatic rings. The molecular weight excluding hydrogens is 356 g/mol. The second-order valence-electron chi connectivity index (χ2n) is 5.19. The molecule has 0 unspecified atom stereocenters. The lowest BCUT2D eigenvalue weighted by Crippen LogP contribution is -2.41. The van der Waals surface area contributed by atoms with Crippen LogP contribution in [0, 0.1) is 0 Å². The molecule has 0 spiro atoms. The van der Waals surface area contributed by atoms with Gasteiger partial charge in [0, 0.05) is 24.3 Å². The molecule has 0 aliphatic heterocycles. The number of hydrogen-bond acceptors (Lipinski definition) is 7. The number of hydrogen-bond donors (Lipinski definition) is 2. The number of urea groups is 1. The number of carbonyl (C=O) groups is 3. The van der Waals surface area contributed by atoms with E-state index in [1.807, 2.05) is 12.2 Å². The molecule has 0 heterocycles. The average molecular weight is 380 g/mol. The van der Waals surface area contributed by atoms with Crippen molar-refractivity contribution in [1.82, 2.24) is 10.6 Å². The van der Waals surface area contributed by atoms with Crippen LogP contribution in [-0.4, -0.2) is 52.4 Å². The van der Waals surface area contributed by atoms with Gasteiger partial charge in [-0.25, -0.2) is 9.59 Å². The molecule has 0 fully saturated rings. The van der Waals surface area contributed by atoms with E-state index in [1.54, 1.807) is 12.1 Å². The summed E-state index contributed by atoms with van der Waals surface area (Å²) in [5.41, 5.74) is 0.551. The highest BCUT2D eigenvalue weighted by molar-refractivity contribution is 5.96. The second kappa shape index (κ2) is 11.4. The van der Waals surface area contributed by atoms with E-state index in [1.165, 1.54) is 27.4 Å². The first kappa shape index (κ1) is 21.8. The van der Waals surface area contributed by atoms with Crippen LogP contribution in [0.4, 0.5) is 4.79 Å². The van der Waals surface area contributed by atoms with Gasteiger partial charge in [0.25, 0.3) is 5.91 Å². The van der Waals surface area contributed by atoms with Crippen molar-refractivity contribution in [3.05, 3.63) is 23.8 Å². The van der Waals surface area contributed by atoms with E-state index in [4.69, 9.17) is 18.9 Å². The maximum Gasteiger partial charge on any atom is 0.331 e. The van der Waals surface area contributed by atoms with Crippen molar-refractivity contribution >= 4 is 24.0 Å². The van der Waals surface area contributed by atoms with E-state index in [-0.39, 0.29) is 0 Å². The highest BCUT2D eigenvalue weighted by Crippen LogP contribution is 2.35. The van der Waals surface area contributed by atoms with E-state index in [0.29, 0.717) is 29.4 Å². The lowest BCUT2D eigenvalue weighted by Gasteiger charge is -2.12. The molecule has 0 bridgehead atoms. The Morgan fingerprint density at radius 3 is 2.22 bits per heavy atom. The highest BCUT2D eigenvalue weighted by Gasteiger charge is 2.12. The van der Waals surface area contributed by atoms with E-state index in [9.17, 15) is 14.4 Å². The van der Waals surface area contributed by atoms with Gasteiger partial charge < -0.3 is 24.3 Å². The van der Waals surface area contributed by atoms with E-state index >= 15 is 0 Å². The van der Waals surface area contributed by atoms with Crippen LogP contribution in [0.15, 0.2) is 18.2 Å². The van der Waals surface area contributed by atoms with E-state index in [0.717, 1.165) is 12.5 Å². The molecule has 1 rings (SSSR count). The van der Waals surface area contributed by atoms with Gasteiger partial charge in [-0.1, -0.05) is 6.92 Å². The first-order valence-electron chi connectivity index (χ1n) is 8.17. The SMILES string of the molecule is CCCNC(=O)NC(=O)COC(=O)/C=C/c1cc(OC)c(OC)cc1OC. The maximum absolute atomic E-state index is 11.8. The van der Waals surface area contributed by atoms with Gasteiger partial charge in [-0.05, 0) is 18.6 Å². The quantitative estimate of drug-likeness (QED) is 0.493. The van der Waals surface area contributed by atoms with Crippen molar-refractivity contribution < 1.29 is 33.3 Å². The minimum Gasteiger partial charge on any atom is -0.496 e. The van der Waals surface area contributed by atoms with Gasteiger partial charge in [-0.15, -0.1) is 0 Å². The normalized spacial score (nSPS) is 10.2. The molecule has 9 heteroatoms. The largest absolute Gasteiger partial charge is 0.496 e. The van der Waals surface area contributed by atoms with Crippen LogP contribution in [-0.2, 0) is 14.3 Å². The van der Waals surface area contributed by atoms with Crippen LogP contribution in [0.1, 0.15) is 18.9 Å². The lowest BCUT2D eigenvalue weighted by molar-refractivity contribution is -0.143. The molecule has 27 heavy (non-hydrogen) atoms. The van der Waals surface area contributed by atoms with Crippen molar-refractivity contribution in [2.24, 2.45) is 0 Å². The molecule has 0 atom stereocenters. The first-order valence-corrected chi connectivity index (χ1v) is 8.17. The number of benzene rings is 1. The Labute approximate surface area is 157 Å².